The number of benzene rings is 3. The second kappa shape index (κ2) is 12.3. The average Bonchev–Trinajstić information content (AvgIpc) is 2.80. The molecule has 3 rings (SSSR count). The molecule has 0 amide bonds. The summed E-state index contributed by atoms with van der Waals surface area (Å²) in [7, 11) is 0. The Hall–Kier alpha value is -2.74. The largest absolute Gasteiger partial charge is 0.492 e. The van der Waals surface area contributed by atoms with Gasteiger partial charge in [-0.25, -0.2) is 0 Å². The van der Waals surface area contributed by atoms with Crippen molar-refractivity contribution in [2.24, 2.45) is 0 Å². The van der Waals surface area contributed by atoms with Gasteiger partial charge in [0.2, 0.25) is 0 Å². The van der Waals surface area contributed by atoms with Gasteiger partial charge in [-0.05, 0) is 62.8 Å². The van der Waals surface area contributed by atoms with Crippen LogP contribution in [0.5, 0.6) is 11.5 Å². The lowest BCUT2D eigenvalue weighted by Gasteiger charge is -2.19. The highest BCUT2D eigenvalue weighted by atomic mass is 16.5. The highest BCUT2D eigenvalue weighted by molar-refractivity contribution is 6.11. The van der Waals surface area contributed by atoms with Crippen LogP contribution in [-0.2, 0) is 0 Å². The second-order valence-electron chi connectivity index (χ2n) is 8.48. The van der Waals surface area contributed by atoms with E-state index < -0.39 is 0 Å². The minimum atomic E-state index is 0.675. The molecule has 0 unspecified atom stereocenters. The first-order chi connectivity index (χ1) is 15.7. The predicted molar refractivity (Wildman–Crippen MR) is 139 cm³/mol. The van der Waals surface area contributed by atoms with Crippen LogP contribution in [0.4, 0.5) is 0 Å². The van der Waals surface area contributed by atoms with Crippen molar-refractivity contribution in [3.05, 3.63) is 71.8 Å². The first-order valence-corrected chi connectivity index (χ1v) is 12.2. The highest BCUT2D eigenvalue weighted by Crippen LogP contribution is 2.43. The zero-order valence-corrected chi connectivity index (χ0v) is 20.2. The Balaban J connectivity index is 1.98. The van der Waals surface area contributed by atoms with Crippen molar-refractivity contribution in [1.29, 1.82) is 0 Å². The van der Waals surface area contributed by atoms with Crippen molar-refractivity contribution in [2.75, 3.05) is 13.2 Å². The zero-order chi connectivity index (χ0) is 22.8. The van der Waals surface area contributed by atoms with E-state index in [0.29, 0.717) is 13.2 Å². The Morgan fingerprint density at radius 3 is 1.41 bits per heavy atom. The standard InChI is InChI=1S/C30H38O2/c1-5-7-9-11-15-19-31-29-25-17-13-14-18-26(25)30(32-20-16-12-10-8-6-2)28-22-24(4)23(3)21-27(28)29/h9-14,17-18,21-22H,5-8,15-16,19-20H2,1-4H3/b11-9+,12-10+. The molecule has 0 aromatic heterocycles. The van der Waals surface area contributed by atoms with Crippen LogP contribution in [-0.4, -0.2) is 13.2 Å². The summed E-state index contributed by atoms with van der Waals surface area (Å²) < 4.78 is 12.8. The SMILES string of the molecule is CCC/C=C/CCOc1c2ccccc2c(OCC/C=C/CCC)c2cc(C)c(C)cc12. The van der Waals surface area contributed by atoms with Gasteiger partial charge in [-0.1, -0.05) is 75.3 Å². The Morgan fingerprint density at radius 1 is 0.594 bits per heavy atom. The van der Waals surface area contributed by atoms with Crippen molar-refractivity contribution in [3.63, 3.8) is 0 Å². The number of hydrogen-bond acceptors (Lipinski definition) is 2. The molecular weight excluding hydrogens is 392 g/mol. The van der Waals surface area contributed by atoms with E-state index in [4.69, 9.17) is 9.47 Å². The molecule has 32 heavy (non-hydrogen) atoms. The summed E-state index contributed by atoms with van der Waals surface area (Å²) in [5, 5.41) is 4.52. The number of ether oxygens (including phenoxy) is 2. The van der Waals surface area contributed by atoms with Gasteiger partial charge in [0, 0.05) is 21.5 Å². The van der Waals surface area contributed by atoms with E-state index in [1.165, 1.54) is 24.0 Å². The van der Waals surface area contributed by atoms with E-state index >= 15 is 0 Å². The van der Waals surface area contributed by atoms with Crippen molar-refractivity contribution < 1.29 is 9.47 Å². The van der Waals surface area contributed by atoms with Crippen LogP contribution < -0.4 is 9.47 Å². The maximum Gasteiger partial charge on any atom is 0.135 e. The van der Waals surface area contributed by atoms with Crippen molar-refractivity contribution in [1.82, 2.24) is 0 Å². The molecule has 0 fully saturated rings. The first kappa shape index (κ1) is 23.9. The van der Waals surface area contributed by atoms with Crippen LogP contribution in [0, 0.1) is 13.8 Å². The summed E-state index contributed by atoms with van der Waals surface area (Å²) in [5.74, 6) is 1.94. The van der Waals surface area contributed by atoms with Crippen LogP contribution in [0.3, 0.4) is 0 Å². The monoisotopic (exact) mass is 430 g/mol. The summed E-state index contributed by atoms with van der Waals surface area (Å²) in [5.41, 5.74) is 2.54. The molecule has 0 atom stereocenters. The van der Waals surface area contributed by atoms with Gasteiger partial charge in [-0.3, -0.25) is 0 Å². The molecule has 3 aromatic rings. The van der Waals surface area contributed by atoms with Crippen LogP contribution >= 0.6 is 0 Å². The van der Waals surface area contributed by atoms with Crippen molar-refractivity contribution >= 4 is 21.5 Å². The third-order valence-corrected chi connectivity index (χ3v) is 5.85. The molecule has 0 saturated heterocycles. The number of fused-ring (bicyclic) bond motifs is 2. The molecule has 0 aliphatic heterocycles. The van der Waals surface area contributed by atoms with Gasteiger partial charge >= 0.3 is 0 Å². The normalized spacial score (nSPS) is 11.9. The average molecular weight is 431 g/mol. The molecule has 0 N–H and O–H groups in total. The lowest BCUT2D eigenvalue weighted by atomic mass is 9.96. The first-order valence-electron chi connectivity index (χ1n) is 12.2. The fourth-order valence-corrected chi connectivity index (χ4v) is 3.93. The van der Waals surface area contributed by atoms with Crippen LogP contribution in [0.15, 0.2) is 60.7 Å². The van der Waals surface area contributed by atoms with Gasteiger partial charge in [0.15, 0.2) is 0 Å². The van der Waals surface area contributed by atoms with Gasteiger partial charge in [-0.15, -0.1) is 0 Å². The van der Waals surface area contributed by atoms with Crippen LogP contribution in [0.2, 0.25) is 0 Å². The Labute approximate surface area is 193 Å². The fraction of sp³-hybridized carbons (Fsp3) is 0.400. The summed E-state index contributed by atoms with van der Waals surface area (Å²) in [6.45, 7) is 10.1. The van der Waals surface area contributed by atoms with E-state index in [1.54, 1.807) is 0 Å². The smallest absolute Gasteiger partial charge is 0.135 e. The summed E-state index contributed by atoms with van der Waals surface area (Å²) >= 11 is 0. The zero-order valence-electron chi connectivity index (χ0n) is 20.2. The predicted octanol–water partition coefficient (Wildman–Crippen LogP) is 8.86. The third kappa shape index (κ3) is 5.94. The summed E-state index contributed by atoms with van der Waals surface area (Å²) in [6.07, 6.45) is 15.4. The Kier molecular flexibility index (Phi) is 9.22. The quantitative estimate of drug-likeness (QED) is 0.162. The highest BCUT2D eigenvalue weighted by Gasteiger charge is 2.17. The number of unbranched alkanes of at least 4 members (excludes halogenated alkanes) is 2. The summed E-state index contributed by atoms with van der Waals surface area (Å²) in [6, 6.07) is 13.0. The summed E-state index contributed by atoms with van der Waals surface area (Å²) in [4.78, 5) is 0. The molecular formula is C30H38O2. The molecule has 0 aliphatic rings. The van der Waals surface area contributed by atoms with E-state index in [0.717, 1.165) is 58.7 Å². The molecule has 3 aromatic carbocycles. The Morgan fingerprint density at radius 2 is 1.00 bits per heavy atom. The number of allylic oxidation sites excluding steroid dienone is 2. The Bertz CT molecular complexity index is 989. The van der Waals surface area contributed by atoms with Crippen molar-refractivity contribution in [2.45, 2.75) is 66.2 Å². The molecule has 0 radical (unpaired) electrons. The van der Waals surface area contributed by atoms with E-state index in [2.05, 4.69) is 88.4 Å². The number of hydrogen-bond donors (Lipinski definition) is 0. The minimum absolute atomic E-state index is 0.675. The molecule has 0 spiro atoms. The van der Waals surface area contributed by atoms with Gasteiger partial charge < -0.3 is 9.47 Å². The lowest BCUT2D eigenvalue weighted by molar-refractivity contribution is 0.327. The molecule has 170 valence electrons. The maximum absolute atomic E-state index is 6.41. The minimum Gasteiger partial charge on any atom is -0.492 e. The number of rotatable bonds is 12. The molecule has 0 heterocycles. The van der Waals surface area contributed by atoms with Gasteiger partial charge in [-0.2, -0.15) is 0 Å². The van der Waals surface area contributed by atoms with Gasteiger partial charge in [0.05, 0.1) is 13.2 Å². The van der Waals surface area contributed by atoms with Crippen LogP contribution in [0.1, 0.15) is 63.5 Å². The molecule has 0 bridgehead atoms. The van der Waals surface area contributed by atoms with Gasteiger partial charge in [0.25, 0.3) is 0 Å². The topological polar surface area (TPSA) is 18.5 Å². The molecule has 0 saturated carbocycles. The molecule has 0 aliphatic carbocycles. The van der Waals surface area contributed by atoms with Crippen LogP contribution in [0.25, 0.3) is 21.5 Å². The van der Waals surface area contributed by atoms with E-state index in [1.807, 2.05) is 0 Å². The van der Waals surface area contributed by atoms with Gasteiger partial charge in [0.1, 0.15) is 11.5 Å². The van der Waals surface area contributed by atoms with Crippen molar-refractivity contribution in [3.8, 4) is 11.5 Å². The van der Waals surface area contributed by atoms with E-state index in [9.17, 15) is 0 Å². The molecule has 2 heteroatoms. The fourth-order valence-electron chi connectivity index (χ4n) is 3.93. The van der Waals surface area contributed by atoms with E-state index in [-0.39, 0.29) is 0 Å². The lowest BCUT2D eigenvalue weighted by Crippen LogP contribution is -2.02. The molecule has 2 nitrogen and oxygen atoms in total. The number of aryl methyl sites for hydroxylation is 2. The third-order valence-electron chi connectivity index (χ3n) is 5.85. The second-order valence-corrected chi connectivity index (χ2v) is 8.48. The maximum atomic E-state index is 6.41.